The van der Waals surface area contributed by atoms with Gasteiger partial charge in [0.2, 0.25) is 0 Å². The number of fused-ring (bicyclic) bond motifs is 1. The molecule has 1 aliphatic rings. The standard InChI is InChI=1S/C17H13ClF3NO2S/c1-2-25-14-6-4-10(18)8-12(14)16(24)11-5-3-9(17(19,20)21)7-13(11)22-15(16)23/h3-8,24H,2H2,1H3,(H,22,23). The molecule has 2 aromatic rings. The van der Waals surface area contributed by atoms with Crippen molar-refractivity contribution in [2.75, 3.05) is 11.1 Å². The van der Waals surface area contributed by atoms with E-state index in [1.165, 1.54) is 17.8 Å². The lowest BCUT2D eigenvalue weighted by atomic mass is 9.87. The number of nitrogens with one attached hydrogen (secondary N) is 1. The Hall–Kier alpha value is -1.70. The fraction of sp³-hybridized carbons (Fsp3) is 0.235. The van der Waals surface area contributed by atoms with Gasteiger partial charge in [-0.25, -0.2) is 0 Å². The lowest BCUT2D eigenvalue weighted by Gasteiger charge is -2.24. The Morgan fingerprint density at radius 3 is 2.56 bits per heavy atom. The van der Waals surface area contributed by atoms with Crippen molar-refractivity contribution in [3.05, 3.63) is 58.1 Å². The molecule has 1 aliphatic heterocycles. The first-order valence-electron chi connectivity index (χ1n) is 7.36. The average molecular weight is 388 g/mol. The molecule has 0 saturated carbocycles. The summed E-state index contributed by atoms with van der Waals surface area (Å²) >= 11 is 7.42. The quantitative estimate of drug-likeness (QED) is 0.753. The van der Waals surface area contributed by atoms with E-state index in [-0.39, 0.29) is 16.8 Å². The van der Waals surface area contributed by atoms with Crippen LogP contribution >= 0.6 is 23.4 Å². The van der Waals surface area contributed by atoms with Gasteiger partial charge in [-0.05, 0) is 36.1 Å². The third-order valence-electron chi connectivity index (χ3n) is 3.94. The highest BCUT2D eigenvalue weighted by Crippen LogP contribution is 2.46. The number of thioether (sulfide) groups is 1. The average Bonchev–Trinajstić information content (AvgIpc) is 2.80. The van der Waals surface area contributed by atoms with Crippen molar-refractivity contribution in [3.8, 4) is 0 Å². The van der Waals surface area contributed by atoms with Gasteiger partial charge < -0.3 is 10.4 Å². The van der Waals surface area contributed by atoms with E-state index in [4.69, 9.17) is 11.6 Å². The van der Waals surface area contributed by atoms with Crippen LogP contribution < -0.4 is 5.32 Å². The normalized spacial score (nSPS) is 19.7. The number of halogens is 4. The van der Waals surface area contributed by atoms with Gasteiger partial charge in [0.25, 0.3) is 5.91 Å². The Balaban J connectivity index is 2.19. The summed E-state index contributed by atoms with van der Waals surface area (Å²) in [5, 5.41) is 13.8. The molecule has 1 atom stereocenters. The van der Waals surface area contributed by atoms with Crippen molar-refractivity contribution < 1.29 is 23.1 Å². The van der Waals surface area contributed by atoms with Crippen LogP contribution in [0.2, 0.25) is 5.02 Å². The van der Waals surface area contributed by atoms with Gasteiger partial charge >= 0.3 is 6.18 Å². The summed E-state index contributed by atoms with van der Waals surface area (Å²) in [6, 6.07) is 7.57. The zero-order valence-corrected chi connectivity index (χ0v) is 14.5. The summed E-state index contributed by atoms with van der Waals surface area (Å²) in [6.45, 7) is 1.91. The molecule has 1 heterocycles. The number of benzene rings is 2. The summed E-state index contributed by atoms with van der Waals surface area (Å²) < 4.78 is 38.7. The minimum Gasteiger partial charge on any atom is -0.372 e. The van der Waals surface area contributed by atoms with Gasteiger partial charge in [0, 0.05) is 26.7 Å². The molecule has 0 aromatic heterocycles. The van der Waals surface area contributed by atoms with Crippen LogP contribution in [0.5, 0.6) is 0 Å². The van der Waals surface area contributed by atoms with Gasteiger partial charge in [0.15, 0.2) is 5.60 Å². The van der Waals surface area contributed by atoms with Crippen LogP contribution in [0.4, 0.5) is 18.9 Å². The zero-order valence-electron chi connectivity index (χ0n) is 12.9. The van der Waals surface area contributed by atoms with Gasteiger partial charge in [0.1, 0.15) is 0 Å². The number of anilines is 1. The third-order valence-corrected chi connectivity index (χ3v) is 5.14. The second kappa shape index (κ2) is 6.23. The van der Waals surface area contributed by atoms with E-state index < -0.39 is 23.2 Å². The summed E-state index contributed by atoms with van der Waals surface area (Å²) in [4.78, 5) is 13.1. The lowest BCUT2D eigenvalue weighted by molar-refractivity contribution is -0.137. The molecule has 3 rings (SSSR count). The molecule has 1 unspecified atom stereocenters. The molecule has 0 aliphatic carbocycles. The van der Waals surface area contributed by atoms with E-state index in [1.807, 2.05) is 6.92 Å². The maximum atomic E-state index is 12.9. The third kappa shape index (κ3) is 3.01. The molecule has 0 fully saturated rings. The summed E-state index contributed by atoms with van der Waals surface area (Å²) in [7, 11) is 0. The maximum Gasteiger partial charge on any atom is 0.416 e. The van der Waals surface area contributed by atoms with Crippen LogP contribution in [0.1, 0.15) is 23.6 Å². The number of rotatable bonds is 3. The van der Waals surface area contributed by atoms with Crippen LogP contribution in [0.25, 0.3) is 0 Å². The number of hydrogen-bond donors (Lipinski definition) is 2. The SMILES string of the molecule is CCSc1ccc(Cl)cc1C1(O)C(=O)Nc2cc(C(F)(F)F)ccc21. The fourth-order valence-corrected chi connectivity index (χ4v) is 3.82. The summed E-state index contributed by atoms with van der Waals surface area (Å²) in [5.74, 6) is -0.117. The molecule has 3 nitrogen and oxygen atoms in total. The first kappa shape index (κ1) is 18.1. The smallest absolute Gasteiger partial charge is 0.372 e. The summed E-state index contributed by atoms with van der Waals surface area (Å²) in [5.41, 5.74) is -2.73. The second-order valence-corrected chi connectivity index (χ2v) is 7.24. The predicted molar refractivity (Wildman–Crippen MR) is 90.9 cm³/mol. The molecule has 132 valence electrons. The molecule has 1 amide bonds. The second-order valence-electron chi connectivity index (χ2n) is 5.50. The van der Waals surface area contributed by atoms with E-state index in [9.17, 15) is 23.1 Å². The first-order chi connectivity index (χ1) is 11.7. The molecule has 25 heavy (non-hydrogen) atoms. The molecule has 2 N–H and O–H groups in total. The van der Waals surface area contributed by atoms with Crippen molar-refractivity contribution >= 4 is 35.0 Å². The van der Waals surface area contributed by atoms with Crippen molar-refractivity contribution in [2.45, 2.75) is 23.6 Å². The van der Waals surface area contributed by atoms with Crippen molar-refractivity contribution in [1.82, 2.24) is 0 Å². The minimum atomic E-state index is -4.54. The zero-order chi connectivity index (χ0) is 18.4. The number of alkyl halides is 3. The Morgan fingerprint density at radius 2 is 1.92 bits per heavy atom. The maximum absolute atomic E-state index is 12.9. The Bertz CT molecular complexity index is 856. The molecular formula is C17H13ClF3NO2S. The first-order valence-corrected chi connectivity index (χ1v) is 8.72. The van der Waals surface area contributed by atoms with Crippen LogP contribution in [0.3, 0.4) is 0 Å². The Morgan fingerprint density at radius 1 is 1.20 bits per heavy atom. The van der Waals surface area contributed by atoms with E-state index in [0.29, 0.717) is 15.7 Å². The number of carbonyl (C=O) groups excluding carboxylic acids is 1. The van der Waals surface area contributed by atoms with E-state index >= 15 is 0 Å². The van der Waals surface area contributed by atoms with E-state index in [1.54, 1.807) is 12.1 Å². The van der Waals surface area contributed by atoms with Crippen LogP contribution in [-0.2, 0) is 16.6 Å². The van der Waals surface area contributed by atoms with Crippen molar-refractivity contribution in [2.24, 2.45) is 0 Å². The molecule has 0 spiro atoms. The van der Waals surface area contributed by atoms with E-state index in [0.717, 1.165) is 18.2 Å². The summed E-state index contributed by atoms with van der Waals surface area (Å²) in [6.07, 6.45) is -4.54. The minimum absolute atomic E-state index is 0.0604. The number of amides is 1. The molecule has 0 bridgehead atoms. The van der Waals surface area contributed by atoms with Crippen LogP contribution in [0, 0.1) is 0 Å². The topological polar surface area (TPSA) is 49.3 Å². The molecule has 0 saturated heterocycles. The van der Waals surface area contributed by atoms with Crippen LogP contribution in [-0.4, -0.2) is 16.8 Å². The van der Waals surface area contributed by atoms with Gasteiger partial charge in [-0.2, -0.15) is 13.2 Å². The van der Waals surface area contributed by atoms with Gasteiger partial charge in [0.05, 0.1) is 5.56 Å². The van der Waals surface area contributed by atoms with E-state index in [2.05, 4.69) is 5.32 Å². The molecular weight excluding hydrogens is 375 g/mol. The lowest BCUT2D eigenvalue weighted by Crippen LogP contribution is -2.35. The van der Waals surface area contributed by atoms with Crippen LogP contribution in [0.15, 0.2) is 41.3 Å². The van der Waals surface area contributed by atoms with Gasteiger partial charge in [-0.15, -0.1) is 11.8 Å². The number of aliphatic hydroxyl groups is 1. The number of hydrogen-bond acceptors (Lipinski definition) is 3. The molecule has 0 radical (unpaired) electrons. The highest BCUT2D eigenvalue weighted by atomic mass is 35.5. The fourth-order valence-electron chi connectivity index (χ4n) is 2.81. The monoisotopic (exact) mass is 387 g/mol. The van der Waals surface area contributed by atoms with Gasteiger partial charge in [-0.3, -0.25) is 4.79 Å². The van der Waals surface area contributed by atoms with Gasteiger partial charge in [-0.1, -0.05) is 24.6 Å². The van der Waals surface area contributed by atoms with Crippen molar-refractivity contribution in [3.63, 3.8) is 0 Å². The Labute approximate surface area is 151 Å². The largest absolute Gasteiger partial charge is 0.416 e. The number of carbonyl (C=O) groups is 1. The highest BCUT2D eigenvalue weighted by Gasteiger charge is 2.49. The molecule has 8 heteroatoms. The van der Waals surface area contributed by atoms with Crippen molar-refractivity contribution in [1.29, 1.82) is 0 Å². The Kier molecular flexibility index (Phi) is 4.51. The highest BCUT2D eigenvalue weighted by molar-refractivity contribution is 7.99. The predicted octanol–water partition coefficient (Wildman–Crippen LogP) is 4.66. The molecule has 2 aromatic carbocycles.